The molecule has 3 aromatic carbocycles. The molecule has 0 heterocycles. The van der Waals surface area contributed by atoms with Crippen LogP contribution in [0.4, 0.5) is 17.1 Å². The number of aryl methyl sites for hydroxylation is 1. The zero-order chi connectivity index (χ0) is 15.9. The molecule has 0 unspecified atom stereocenters. The Hall–Kier alpha value is -2.80. The minimum absolute atomic E-state index is 1.01. The van der Waals surface area contributed by atoms with Crippen molar-refractivity contribution in [3.05, 3.63) is 103 Å². The summed E-state index contributed by atoms with van der Waals surface area (Å²) in [5.74, 6) is 0. The molecule has 0 saturated heterocycles. The van der Waals surface area contributed by atoms with Crippen LogP contribution < -0.4 is 4.90 Å². The number of allylic oxidation sites excluding steroid dienone is 1. The van der Waals surface area contributed by atoms with Crippen molar-refractivity contribution >= 4 is 17.1 Å². The topological polar surface area (TPSA) is 3.24 Å². The molecule has 0 atom stereocenters. The summed E-state index contributed by atoms with van der Waals surface area (Å²) in [6.07, 6.45) is 4.02. The van der Waals surface area contributed by atoms with E-state index in [1.165, 1.54) is 11.3 Å². The Balaban J connectivity index is 1.97. The molecule has 0 saturated carbocycles. The summed E-state index contributed by atoms with van der Waals surface area (Å²) in [4.78, 5) is 2.28. The molecule has 0 aromatic heterocycles. The summed E-state index contributed by atoms with van der Waals surface area (Å²) in [6.45, 7) is 3.79. The lowest BCUT2D eigenvalue weighted by molar-refractivity contribution is 1.00. The lowest BCUT2D eigenvalue weighted by atomic mass is 10.1. The summed E-state index contributed by atoms with van der Waals surface area (Å²) in [7, 11) is 0. The number of nitrogens with zero attached hydrogens (tertiary/aromatic N) is 1. The summed E-state index contributed by atoms with van der Waals surface area (Å²) >= 11 is 0. The molecule has 0 fully saturated rings. The highest BCUT2D eigenvalue weighted by molar-refractivity contribution is 5.76. The second-order valence-electron chi connectivity index (χ2n) is 5.50. The summed E-state index contributed by atoms with van der Waals surface area (Å²) in [5.41, 5.74) is 4.84. The fraction of sp³-hybridized carbons (Fsp3) is 0.0909. The van der Waals surface area contributed by atoms with Crippen molar-refractivity contribution in [1.29, 1.82) is 0 Å². The first kappa shape index (κ1) is 15.1. The zero-order valence-corrected chi connectivity index (χ0v) is 13.2. The Kier molecular flexibility index (Phi) is 4.90. The van der Waals surface area contributed by atoms with Gasteiger partial charge < -0.3 is 4.90 Å². The molecule has 0 radical (unpaired) electrons. The van der Waals surface area contributed by atoms with E-state index in [2.05, 4.69) is 84.3 Å². The Morgan fingerprint density at radius 3 is 1.61 bits per heavy atom. The van der Waals surface area contributed by atoms with E-state index in [1.807, 2.05) is 18.2 Å². The van der Waals surface area contributed by atoms with Crippen molar-refractivity contribution in [1.82, 2.24) is 0 Å². The molecule has 0 spiro atoms. The maximum atomic E-state index is 3.79. The maximum Gasteiger partial charge on any atom is 0.0461 e. The van der Waals surface area contributed by atoms with Crippen LogP contribution in [-0.4, -0.2) is 0 Å². The van der Waals surface area contributed by atoms with Gasteiger partial charge in [-0.2, -0.15) is 0 Å². The molecule has 0 aliphatic carbocycles. The highest BCUT2D eigenvalue weighted by Gasteiger charge is 2.11. The van der Waals surface area contributed by atoms with Crippen molar-refractivity contribution in [2.24, 2.45) is 0 Å². The second kappa shape index (κ2) is 7.46. The second-order valence-corrected chi connectivity index (χ2v) is 5.50. The smallest absolute Gasteiger partial charge is 0.0461 e. The van der Waals surface area contributed by atoms with Gasteiger partial charge in [-0.1, -0.05) is 54.6 Å². The van der Waals surface area contributed by atoms with Crippen LogP contribution in [0.5, 0.6) is 0 Å². The third-order valence-electron chi connectivity index (χ3n) is 3.86. The minimum Gasteiger partial charge on any atom is -0.311 e. The third-order valence-corrected chi connectivity index (χ3v) is 3.86. The van der Waals surface area contributed by atoms with Crippen molar-refractivity contribution < 1.29 is 0 Å². The quantitative estimate of drug-likeness (QED) is 0.484. The first-order chi connectivity index (χ1) is 11.4. The summed E-state index contributed by atoms with van der Waals surface area (Å²) < 4.78 is 0. The number of hydrogen-bond donors (Lipinski definition) is 0. The predicted octanol–water partition coefficient (Wildman–Crippen LogP) is 6.28. The van der Waals surface area contributed by atoms with Gasteiger partial charge >= 0.3 is 0 Å². The fourth-order valence-corrected chi connectivity index (χ4v) is 2.68. The van der Waals surface area contributed by atoms with E-state index in [4.69, 9.17) is 0 Å². The molecule has 114 valence electrons. The number of rotatable bonds is 6. The van der Waals surface area contributed by atoms with E-state index >= 15 is 0 Å². The Morgan fingerprint density at radius 1 is 0.652 bits per heavy atom. The third kappa shape index (κ3) is 3.70. The molecule has 3 aromatic rings. The monoisotopic (exact) mass is 299 g/mol. The standard InChI is InChI=1S/C22H21N/c1-2-3-10-19-15-17-22(18-16-19)23(20-11-6-4-7-12-20)21-13-8-5-9-14-21/h2,4-9,11-18H,1,3,10H2. The number of para-hydroxylation sites is 2. The SMILES string of the molecule is C=CCCc1ccc(N(c2ccccc2)c2ccccc2)cc1. The van der Waals surface area contributed by atoms with Crippen LogP contribution in [0, 0.1) is 0 Å². The minimum atomic E-state index is 1.01. The van der Waals surface area contributed by atoms with Gasteiger partial charge in [0, 0.05) is 17.1 Å². The highest BCUT2D eigenvalue weighted by Crippen LogP contribution is 2.34. The number of hydrogen-bond acceptors (Lipinski definition) is 1. The van der Waals surface area contributed by atoms with Crippen molar-refractivity contribution in [2.75, 3.05) is 4.90 Å². The fourth-order valence-electron chi connectivity index (χ4n) is 2.68. The molecular weight excluding hydrogens is 278 g/mol. The van der Waals surface area contributed by atoms with Crippen molar-refractivity contribution in [3.8, 4) is 0 Å². The van der Waals surface area contributed by atoms with Crippen LogP contribution in [0.3, 0.4) is 0 Å². The van der Waals surface area contributed by atoms with Gasteiger partial charge in [0.2, 0.25) is 0 Å². The Morgan fingerprint density at radius 2 is 1.13 bits per heavy atom. The van der Waals surface area contributed by atoms with Crippen molar-refractivity contribution in [3.63, 3.8) is 0 Å². The van der Waals surface area contributed by atoms with Crippen molar-refractivity contribution in [2.45, 2.75) is 12.8 Å². The maximum absolute atomic E-state index is 3.79. The zero-order valence-electron chi connectivity index (χ0n) is 13.2. The molecule has 23 heavy (non-hydrogen) atoms. The number of anilines is 3. The molecule has 0 aliphatic rings. The Labute approximate surface area is 138 Å². The molecule has 0 amide bonds. The van der Waals surface area contributed by atoms with Gasteiger partial charge in [-0.3, -0.25) is 0 Å². The van der Waals surface area contributed by atoms with Gasteiger partial charge in [0.05, 0.1) is 0 Å². The molecule has 3 rings (SSSR count). The normalized spacial score (nSPS) is 10.3. The lowest BCUT2D eigenvalue weighted by Gasteiger charge is -2.25. The molecule has 0 aliphatic heterocycles. The Bertz CT molecular complexity index is 690. The van der Waals surface area contributed by atoms with Gasteiger partial charge in [-0.05, 0) is 54.8 Å². The van der Waals surface area contributed by atoms with Crippen LogP contribution >= 0.6 is 0 Å². The average Bonchev–Trinajstić information content (AvgIpc) is 2.63. The predicted molar refractivity (Wildman–Crippen MR) is 99.6 cm³/mol. The van der Waals surface area contributed by atoms with E-state index in [0.717, 1.165) is 24.2 Å². The van der Waals surface area contributed by atoms with E-state index in [0.29, 0.717) is 0 Å². The number of benzene rings is 3. The van der Waals surface area contributed by atoms with Gasteiger partial charge in [-0.25, -0.2) is 0 Å². The van der Waals surface area contributed by atoms with Gasteiger partial charge in [0.15, 0.2) is 0 Å². The highest BCUT2D eigenvalue weighted by atomic mass is 15.1. The lowest BCUT2D eigenvalue weighted by Crippen LogP contribution is -2.09. The van der Waals surface area contributed by atoms with Gasteiger partial charge in [0.1, 0.15) is 0 Å². The summed E-state index contributed by atoms with van der Waals surface area (Å²) in [5, 5.41) is 0. The van der Waals surface area contributed by atoms with E-state index in [1.54, 1.807) is 0 Å². The molecular formula is C22H21N. The average molecular weight is 299 g/mol. The molecule has 1 nitrogen and oxygen atoms in total. The summed E-state index contributed by atoms with van der Waals surface area (Å²) in [6, 6.07) is 29.7. The molecule has 0 bridgehead atoms. The van der Waals surface area contributed by atoms with Crippen LogP contribution in [0.1, 0.15) is 12.0 Å². The first-order valence-corrected chi connectivity index (χ1v) is 7.98. The van der Waals surface area contributed by atoms with E-state index < -0.39 is 0 Å². The van der Waals surface area contributed by atoms with Crippen LogP contribution in [0.25, 0.3) is 0 Å². The first-order valence-electron chi connectivity index (χ1n) is 7.98. The van der Waals surface area contributed by atoms with Gasteiger partial charge in [-0.15, -0.1) is 6.58 Å². The molecule has 1 heteroatoms. The van der Waals surface area contributed by atoms with Crippen LogP contribution in [0.2, 0.25) is 0 Å². The van der Waals surface area contributed by atoms with E-state index in [-0.39, 0.29) is 0 Å². The van der Waals surface area contributed by atoms with E-state index in [9.17, 15) is 0 Å². The van der Waals surface area contributed by atoms with Crippen LogP contribution in [0.15, 0.2) is 97.6 Å². The van der Waals surface area contributed by atoms with Crippen LogP contribution in [-0.2, 0) is 6.42 Å². The van der Waals surface area contributed by atoms with Gasteiger partial charge in [0.25, 0.3) is 0 Å². The largest absolute Gasteiger partial charge is 0.311 e. The molecule has 0 N–H and O–H groups in total.